The van der Waals surface area contributed by atoms with Crippen molar-refractivity contribution < 1.29 is 17.9 Å². The van der Waals surface area contributed by atoms with Crippen LogP contribution in [0.2, 0.25) is 0 Å². The first-order valence-corrected chi connectivity index (χ1v) is 11.7. The first-order valence-electron chi connectivity index (χ1n) is 9.89. The van der Waals surface area contributed by atoms with E-state index in [1.807, 2.05) is 35.0 Å². The van der Waals surface area contributed by atoms with E-state index in [2.05, 4.69) is 4.98 Å². The van der Waals surface area contributed by atoms with Gasteiger partial charge in [-0.3, -0.25) is 4.79 Å². The molecule has 2 aromatic rings. The molecule has 29 heavy (non-hydrogen) atoms. The fraction of sp³-hybridized carbons (Fsp3) is 0.429. The first kappa shape index (κ1) is 19.8. The summed E-state index contributed by atoms with van der Waals surface area (Å²) < 4.78 is 31.4. The Bertz CT molecular complexity index is 962. The van der Waals surface area contributed by atoms with Gasteiger partial charge >= 0.3 is 0 Å². The van der Waals surface area contributed by atoms with Crippen molar-refractivity contribution in [3.63, 3.8) is 0 Å². The van der Waals surface area contributed by atoms with Crippen LogP contribution < -0.4 is 0 Å². The lowest BCUT2D eigenvalue weighted by atomic mass is 10.1. The Kier molecular flexibility index (Phi) is 5.82. The molecule has 1 aromatic carbocycles. The van der Waals surface area contributed by atoms with Crippen LogP contribution in [0.1, 0.15) is 24.8 Å². The molecule has 3 heterocycles. The van der Waals surface area contributed by atoms with Crippen molar-refractivity contribution in [2.45, 2.75) is 31.4 Å². The standard InChI is InChI=1S/C21H25N3O4S/c25-21(8-5-17-3-6-18(7-4-17)23-11-10-22-16-23)24(14-20-2-1-12-28-20)19-9-13-29(26,27)15-19/h3-8,10-11,16,19-20H,1-2,9,12-15H2. The number of carbonyl (C=O) groups excluding carboxylic acids is 1. The number of sulfone groups is 1. The van der Waals surface area contributed by atoms with Gasteiger partial charge in [0, 0.05) is 43.4 Å². The van der Waals surface area contributed by atoms with Crippen LogP contribution in [0.5, 0.6) is 0 Å². The van der Waals surface area contributed by atoms with Gasteiger partial charge in [-0.1, -0.05) is 12.1 Å². The van der Waals surface area contributed by atoms with E-state index < -0.39 is 9.84 Å². The second kappa shape index (κ2) is 8.51. The molecule has 1 amide bonds. The van der Waals surface area contributed by atoms with Gasteiger partial charge in [-0.25, -0.2) is 13.4 Å². The third-order valence-electron chi connectivity index (χ3n) is 5.47. The Balaban J connectivity index is 1.46. The molecular weight excluding hydrogens is 390 g/mol. The SMILES string of the molecule is O=C(C=Cc1ccc(-n2ccnc2)cc1)N(CC1CCCO1)C1CCS(=O)(=O)C1. The average molecular weight is 416 g/mol. The summed E-state index contributed by atoms with van der Waals surface area (Å²) >= 11 is 0. The minimum Gasteiger partial charge on any atom is -0.376 e. The number of amides is 1. The Hall–Kier alpha value is -2.45. The highest BCUT2D eigenvalue weighted by molar-refractivity contribution is 7.91. The van der Waals surface area contributed by atoms with Gasteiger partial charge in [0.05, 0.1) is 23.9 Å². The van der Waals surface area contributed by atoms with Crippen LogP contribution in [0.15, 0.2) is 49.1 Å². The van der Waals surface area contributed by atoms with E-state index in [1.54, 1.807) is 23.5 Å². The normalized spacial score (nSPS) is 23.6. The molecule has 7 nitrogen and oxygen atoms in total. The predicted octanol–water partition coefficient (Wildman–Crippen LogP) is 2.08. The second-order valence-electron chi connectivity index (χ2n) is 7.58. The highest BCUT2D eigenvalue weighted by atomic mass is 32.2. The number of nitrogens with zero attached hydrogens (tertiary/aromatic N) is 3. The number of rotatable bonds is 6. The molecular formula is C21H25N3O4S. The Morgan fingerprint density at radius 1 is 1.28 bits per heavy atom. The minimum absolute atomic E-state index is 0.00915. The average Bonchev–Trinajstić information content (AvgIpc) is 3.47. The van der Waals surface area contributed by atoms with Gasteiger partial charge in [0.15, 0.2) is 9.84 Å². The summed E-state index contributed by atoms with van der Waals surface area (Å²) in [4.78, 5) is 18.7. The quantitative estimate of drug-likeness (QED) is 0.675. The summed E-state index contributed by atoms with van der Waals surface area (Å²) in [6.07, 6.45) is 11.0. The van der Waals surface area contributed by atoms with E-state index in [9.17, 15) is 13.2 Å². The molecule has 2 unspecified atom stereocenters. The zero-order valence-corrected chi connectivity index (χ0v) is 17.0. The molecule has 2 atom stereocenters. The molecule has 0 N–H and O–H groups in total. The Morgan fingerprint density at radius 3 is 2.72 bits per heavy atom. The fourth-order valence-electron chi connectivity index (χ4n) is 3.88. The van der Waals surface area contributed by atoms with Crippen molar-refractivity contribution in [2.24, 2.45) is 0 Å². The molecule has 2 aliphatic rings. The van der Waals surface area contributed by atoms with Crippen LogP contribution in [-0.4, -0.2) is 65.6 Å². The van der Waals surface area contributed by atoms with Crippen LogP contribution in [-0.2, 0) is 19.4 Å². The Morgan fingerprint density at radius 2 is 2.10 bits per heavy atom. The number of carbonyl (C=O) groups is 1. The highest BCUT2D eigenvalue weighted by Crippen LogP contribution is 2.22. The fourth-order valence-corrected chi connectivity index (χ4v) is 5.61. The molecule has 0 radical (unpaired) electrons. The lowest BCUT2D eigenvalue weighted by Gasteiger charge is -2.29. The van der Waals surface area contributed by atoms with E-state index in [0.29, 0.717) is 19.6 Å². The minimum atomic E-state index is -3.07. The number of hydrogen-bond donors (Lipinski definition) is 0. The summed E-state index contributed by atoms with van der Waals surface area (Å²) in [5.74, 6) is 0.0203. The Labute approximate surface area is 170 Å². The number of ether oxygens (including phenoxy) is 1. The van der Waals surface area contributed by atoms with Gasteiger partial charge in [-0.2, -0.15) is 0 Å². The van der Waals surface area contributed by atoms with Crippen molar-refractivity contribution in [3.05, 3.63) is 54.6 Å². The number of aromatic nitrogens is 2. The lowest BCUT2D eigenvalue weighted by molar-refractivity contribution is -0.129. The molecule has 8 heteroatoms. The number of hydrogen-bond acceptors (Lipinski definition) is 5. The van der Waals surface area contributed by atoms with Crippen molar-refractivity contribution >= 4 is 21.8 Å². The van der Waals surface area contributed by atoms with Crippen molar-refractivity contribution in [1.29, 1.82) is 0 Å². The van der Waals surface area contributed by atoms with E-state index in [-0.39, 0.29) is 29.6 Å². The summed E-state index contributed by atoms with van der Waals surface area (Å²) in [6, 6.07) is 7.51. The molecule has 2 aliphatic heterocycles. The molecule has 154 valence electrons. The van der Waals surface area contributed by atoms with Crippen LogP contribution in [0, 0.1) is 0 Å². The monoisotopic (exact) mass is 415 g/mol. The molecule has 0 saturated carbocycles. The molecule has 2 saturated heterocycles. The summed E-state index contributed by atoms with van der Waals surface area (Å²) in [6.45, 7) is 1.15. The van der Waals surface area contributed by atoms with Crippen LogP contribution >= 0.6 is 0 Å². The second-order valence-corrected chi connectivity index (χ2v) is 9.81. The lowest BCUT2D eigenvalue weighted by Crippen LogP contribution is -2.44. The maximum Gasteiger partial charge on any atom is 0.246 e. The number of imidazole rings is 1. The van der Waals surface area contributed by atoms with E-state index >= 15 is 0 Å². The van der Waals surface area contributed by atoms with Gasteiger partial charge in [-0.15, -0.1) is 0 Å². The maximum absolute atomic E-state index is 12.9. The van der Waals surface area contributed by atoms with Crippen molar-refractivity contribution in [2.75, 3.05) is 24.7 Å². The third-order valence-corrected chi connectivity index (χ3v) is 7.22. The van der Waals surface area contributed by atoms with Gasteiger partial charge in [-0.05, 0) is 43.0 Å². The molecule has 2 fully saturated rings. The van der Waals surface area contributed by atoms with E-state index in [4.69, 9.17) is 4.74 Å². The zero-order valence-electron chi connectivity index (χ0n) is 16.2. The molecule has 0 bridgehead atoms. The van der Waals surface area contributed by atoms with Gasteiger partial charge in [0.2, 0.25) is 5.91 Å². The molecule has 0 aliphatic carbocycles. The van der Waals surface area contributed by atoms with Gasteiger partial charge in [0.25, 0.3) is 0 Å². The van der Waals surface area contributed by atoms with E-state index in [1.165, 1.54) is 6.08 Å². The highest BCUT2D eigenvalue weighted by Gasteiger charge is 2.35. The topological polar surface area (TPSA) is 81.5 Å². The molecule has 4 rings (SSSR count). The van der Waals surface area contributed by atoms with Gasteiger partial charge < -0.3 is 14.2 Å². The predicted molar refractivity (Wildman–Crippen MR) is 110 cm³/mol. The molecule has 1 aromatic heterocycles. The first-order chi connectivity index (χ1) is 14.0. The zero-order chi connectivity index (χ0) is 20.3. The smallest absolute Gasteiger partial charge is 0.246 e. The van der Waals surface area contributed by atoms with Crippen LogP contribution in [0.3, 0.4) is 0 Å². The van der Waals surface area contributed by atoms with Crippen molar-refractivity contribution in [3.8, 4) is 5.69 Å². The summed E-state index contributed by atoms with van der Waals surface area (Å²) in [5, 5.41) is 0. The summed E-state index contributed by atoms with van der Waals surface area (Å²) in [7, 11) is -3.07. The van der Waals surface area contributed by atoms with Crippen LogP contribution in [0.25, 0.3) is 11.8 Å². The number of benzene rings is 1. The van der Waals surface area contributed by atoms with Crippen molar-refractivity contribution in [1.82, 2.24) is 14.5 Å². The van der Waals surface area contributed by atoms with E-state index in [0.717, 1.165) is 24.1 Å². The largest absolute Gasteiger partial charge is 0.376 e. The van der Waals surface area contributed by atoms with Gasteiger partial charge in [0.1, 0.15) is 0 Å². The molecule has 0 spiro atoms. The maximum atomic E-state index is 12.9. The van der Waals surface area contributed by atoms with Crippen LogP contribution in [0.4, 0.5) is 0 Å². The third kappa shape index (κ3) is 4.94. The summed E-state index contributed by atoms with van der Waals surface area (Å²) in [5.41, 5.74) is 1.89.